The van der Waals surface area contributed by atoms with Crippen LogP contribution in [-0.4, -0.2) is 45.6 Å². The molecule has 0 bridgehead atoms. The topological polar surface area (TPSA) is 76.4 Å². The maximum absolute atomic E-state index is 5.28. The Balaban J connectivity index is 1.42. The highest BCUT2D eigenvalue weighted by molar-refractivity contribution is 5.62. The van der Waals surface area contributed by atoms with Gasteiger partial charge >= 0.3 is 0 Å². The second-order valence-electron chi connectivity index (χ2n) is 7.15. The molecule has 146 valence electrons. The number of aromatic nitrogens is 4. The summed E-state index contributed by atoms with van der Waals surface area (Å²) < 4.78 is 7.27. The van der Waals surface area contributed by atoms with Crippen molar-refractivity contribution in [3.63, 3.8) is 0 Å². The van der Waals surface area contributed by atoms with Crippen molar-refractivity contribution in [2.75, 3.05) is 25.5 Å². The lowest BCUT2D eigenvalue weighted by molar-refractivity contribution is 0.414. The zero-order chi connectivity index (χ0) is 19.6. The molecule has 2 atom stereocenters. The maximum Gasteiger partial charge on any atom is 0.145 e. The van der Waals surface area contributed by atoms with Crippen molar-refractivity contribution < 1.29 is 4.74 Å². The molecule has 2 N–H and O–H groups in total. The SMILES string of the molecule is COc1ccn2c(-c3cncc(N[C@H]4CNC[C@H]4c4ccccc4)n3)cnc2c1. The van der Waals surface area contributed by atoms with Crippen LogP contribution in [0.15, 0.2) is 67.3 Å². The van der Waals surface area contributed by atoms with E-state index >= 15 is 0 Å². The number of hydrogen-bond donors (Lipinski definition) is 2. The fourth-order valence-corrected chi connectivity index (χ4v) is 3.91. The van der Waals surface area contributed by atoms with E-state index in [1.54, 1.807) is 19.5 Å². The van der Waals surface area contributed by atoms with Gasteiger partial charge in [-0.1, -0.05) is 30.3 Å². The number of rotatable bonds is 5. The molecule has 7 heteroatoms. The summed E-state index contributed by atoms with van der Waals surface area (Å²) in [7, 11) is 1.65. The number of anilines is 1. The number of nitrogens with zero attached hydrogens (tertiary/aromatic N) is 4. The molecule has 1 aromatic carbocycles. The summed E-state index contributed by atoms with van der Waals surface area (Å²) in [5.74, 6) is 1.93. The lowest BCUT2D eigenvalue weighted by atomic mass is 9.94. The summed E-state index contributed by atoms with van der Waals surface area (Å²) in [6.45, 7) is 1.84. The molecule has 0 radical (unpaired) electrons. The summed E-state index contributed by atoms with van der Waals surface area (Å²) in [5.41, 5.74) is 3.80. The van der Waals surface area contributed by atoms with Crippen LogP contribution in [-0.2, 0) is 0 Å². The van der Waals surface area contributed by atoms with E-state index < -0.39 is 0 Å². The molecule has 3 aromatic heterocycles. The largest absolute Gasteiger partial charge is 0.497 e. The molecule has 4 aromatic rings. The minimum atomic E-state index is 0.258. The van der Waals surface area contributed by atoms with Crippen LogP contribution in [0.1, 0.15) is 11.5 Å². The highest BCUT2D eigenvalue weighted by atomic mass is 16.5. The van der Waals surface area contributed by atoms with E-state index in [4.69, 9.17) is 9.72 Å². The molecule has 7 nitrogen and oxygen atoms in total. The monoisotopic (exact) mass is 386 g/mol. The Morgan fingerprint density at radius 3 is 2.86 bits per heavy atom. The van der Waals surface area contributed by atoms with Gasteiger partial charge < -0.3 is 15.4 Å². The molecule has 29 heavy (non-hydrogen) atoms. The van der Waals surface area contributed by atoms with E-state index in [9.17, 15) is 0 Å². The predicted molar refractivity (Wildman–Crippen MR) is 112 cm³/mol. The quantitative estimate of drug-likeness (QED) is 0.549. The third-order valence-corrected chi connectivity index (χ3v) is 5.39. The highest BCUT2D eigenvalue weighted by Crippen LogP contribution is 2.26. The molecular formula is C22H22N6O. The number of pyridine rings is 1. The maximum atomic E-state index is 5.28. The van der Waals surface area contributed by atoms with Crippen molar-refractivity contribution in [2.45, 2.75) is 12.0 Å². The minimum Gasteiger partial charge on any atom is -0.497 e. The number of ether oxygens (including phenoxy) is 1. The number of fused-ring (bicyclic) bond motifs is 1. The van der Waals surface area contributed by atoms with Crippen molar-refractivity contribution in [3.8, 4) is 17.1 Å². The van der Waals surface area contributed by atoms with Crippen molar-refractivity contribution in [1.82, 2.24) is 24.7 Å². The molecule has 1 saturated heterocycles. The van der Waals surface area contributed by atoms with Crippen LogP contribution in [0.4, 0.5) is 5.82 Å². The summed E-state index contributed by atoms with van der Waals surface area (Å²) in [4.78, 5) is 13.7. The first-order valence-corrected chi connectivity index (χ1v) is 9.67. The van der Waals surface area contributed by atoms with Crippen molar-refractivity contribution >= 4 is 11.5 Å². The van der Waals surface area contributed by atoms with Crippen LogP contribution in [0, 0.1) is 0 Å². The Labute approximate surface area is 168 Å². The van der Waals surface area contributed by atoms with Crippen molar-refractivity contribution in [3.05, 3.63) is 72.8 Å². The molecule has 0 unspecified atom stereocenters. The molecule has 1 aliphatic rings. The van der Waals surface area contributed by atoms with Gasteiger partial charge in [0.15, 0.2) is 0 Å². The third-order valence-electron chi connectivity index (χ3n) is 5.39. The van der Waals surface area contributed by atoms with Gasteiger partial charge in [-0.05, 0) is 11.6 Å². The highest BCUT2D eigenvalue weighted by Gasteiger charge is 2.28. The minimum absolute atomic E-state index is 0.258. The molecule has 0 spiro atoms. The van der Waals surface area contributed by atoms with E-state index in [1.165, 1.54) is 5.56 Å². The Hall–Kier alpha value is -3.45. The van der Waals surface area contributed by atoms with Gasteiger partial charge in [0.2, 0.25) is 0 Å². The summed E-state index contributed by atoms with van der Waals surface area (Å²) in [6.07, 6.45) is 7.29. The van der Waals surface area contributed by atoms with Crippen LogP contribution < -0.4 is 15.4 Å². The van der Waals surface area contributed by atoms with Gasteiger partial charge in [-0.3, -0.25) is 9.38 Å². The fourth-order valence-electron chi connectivity index (χ4n) is 3.91. The van der Waals surface area contributed by atoms with Crippen LogP contribution in [0.5, 0.6) is 5.75 Å². The zero-order valence-electron chi connectivity index (χ0n) is 16.1. The molecule has 0 saturated carbocycles. The molecular weight excluding hydrogens is 364 g/mol. The predicted octanol–water partition coefficient (Wildman–Crippen LogP) is 2.97. The van der Waals surface area contributed by atoms with E-state index in [-0.39, 0.29) is 6.04 Å². The molecule has 1 fully saturated rings. The lowest BCUT2D eigenvalue weighted by Gasteiger charge is -2.21. The average Bonchev–Trinajstić information content (AvgIpc) is 3.41. The number of benzene rings is 1. The van der Waals surface area contributed by atoms with Crippen LogP contribution in [0.3, 0.4) is 0 Å². The molecule has 5 rings (SSSR count). The lowest BCUT2D eigenvalue weighted by Crippen LogP contribution is -2.27. The Morgan fingerprint density at radius 2 is 2.00 bits per heavy atom. The fraction of sp³-hybridized carbons (Fsp3) is 0.227. The summed E-state index contributed by atoms with van der Waals surface area (Å²) >= 11 is 0. The summed E-state index contributed by atoms with van der Waals surface area (Å²) in [5, 5.41) is 7.05. The van der Waals surface area contributed by atoms with Crippen molar-refractivity contribution in [2.24, 2.45) is 0 Å². The molecule has 1 aliphatic heterocycles. The first-order chi connectivity index (χ1) is 14.3. The second-order valence-corrected chi connectivity index (χ2v) is 7.15. The van der Waals surface area contributed by atoms with Crippen LogP contribution in [0.25, 0.3) is 17.0 Å². The standard InChI is InChI=1S/C22H22N6O/c1-29-16-7-8-28-20(13-25-22(28)9-16)19-12-24-14-21(27-19)26-18-11-23-10-17(18)15-5-3-2-4-6-15/h2-9,12-14,17-18,23H,10-11H2,1H3,(H,26,27)/t17-,18-/m0/s1. The van der Waals surface area contributed by atoms with Crippen LogP contribution in [0.2, 0.25) is 0 Å². The Bertz CT molecular complexity index is 1130. The first-order valence-electron chi connectivity index (χ1n) is 9.67. The first kappa shape index (κ1) is 17.6. The average molecular weight is 386 g/mol. The van der Waals surface area contributed by atoms with E-state index in [0.717, 1.165) is 41.7 Å². The number of hydrogen-bond acceptors (Lipinski definition) is 6. The van der Waals surface area contributed by atoms with Gasteiger partial charge in [0.25, 0.3) is 0 Å². The number of nitrogens with one attached hydrogen (secondary N) is 2. The normalized spacial score (nSPS) is 18.8. The van der Waals surface area contributed by atoms with Gasteiger partial charge in [0.05, 0.1) is 31.4 Å². The molecule has 0 aliphatic carbocycles. The molecule has 4 heterocycles. The summed E-state index contributed by atoms with van der Waals surface area (Å²) in [6, 6.07) is 14.6. The van der Waals surface area contributed by atoms with Crippen molar-refractivity contribution in [1.29, 1.82) is 0 Å². The zero-order valence-corrected chi connectivity index (χ0v) is 16.1. The third kappa shape index (κ3) is 3.40. The van der Waals surface area contributed by atoms with E-state index in [0.29, 0.717) is 5.92 Å². The number of imidazole rings is 1. The van der Waals surface area contributed by atoms with Gasteiger partial charge in [0.1, 0.15) is 22.9 Å². The van der Waals surface area contributed by atoms with E-state index in [2.05, 4.69) is 50.9 Å². The molecule has 0 amide bonds. The Morgan fingerprint density at radius 1 is 1.10 bits per heavy atom. The smallest absolute Gasteiger partial charge is 0.145 e. The second kappa shape index (κ2) is 7.52. The number of methoxy groups -OCH3 is 1. The Kier molecular flexibility index (Phi) is 4.57. The van der Waals surface area contributed by atoms with E-state index in [1.807, 2.05) is 28.9 Å². The van der Waals surface area contributed by atoms with Crippen LogP contribution >= 0.6 is 0 Å². The van der Waals surface area contributed by atoms with Gasteiger partial charge in [-0.25, -0.2) is 9.97 Å². The van der Waals surface area contributed by atoms with Gasteiger partial charge in [0, 0.05) is 37.3 Å². The van der Waals surface area contributed by atoms with Gasteiger partial charge in [-0.15, -0.1) is 0 Å². The van der Waals surface area contributed by atoms with Gasteiger partial charge in [-0.2, -0.15) is 0 Å².